The Labute approximate surface area is 223 Å². The summed E-state index contributed by atoms with van der Waals surface area (Å²) in [4.78, 5) is 0. The molecule has 1 aliphatic carbocycles. The highest BCUT2D eigenvalue weighted by molar-refractivity contribution is 5.81. The Hall–Kier alpha value is -2.34. The number of hydrogen-bond donors (Lipinski definition) is 0. The summed E-state index contributed by atoms with van der Waals surface area (Å²) in [5.74, 6) is 0.481. The second-order valence-electron chi connectivity index (χ2n) is 10.8. The van der Waals surface area contributed by atoms with E-state index in [4.69, 9.17) is 13.2 Å². The third-order valence-electron chi connectivity index (χ3n) is 8.43. The van der Waals surface area contributed by atoms with Crippen molar-refractivity contribution in [1.82, 2.24) is 0 Å². The van der Waals surface area contributed by atoms with Crippen molar-refractivity contribution in [2.24, 2.45) is 11.3 Å². The Balaban J connectivity index is 2.84. The van der Waals surface area contributed by atoms with Gasteiger partial charge in [0.1, 0.15) is 0 Å². The lowest BCUT2D eigenvalue weighted by Crippen LogP contribution is -2.21. The maximum absolute atomic E-state index is 6.33. The van der Waals surface area contributed by atoms with E-state index >= 15 is 0 Å². The highest BCUT2D eigenvalue weighted by Crippen LogP contribution is 2.46. The average Bonchev–Trinajstić information content (AvgIpc) is 2.82. The Morgan fingerprint density at radius 3 is 2.22 bits per heavy atom. The third kappa shape index (κ3) is 5.49. The number of rotatable bonds is 9. The van der Waals surface area contributed by atoms with E-state index in [1.807, 2.05) is 6.92 Å². The number of aryl methyl sites for hydroxylation is 2. The van der Waals surface area contributed by atoms with Gasteiger partial charge in [0.15, 0.2) is 0 Å². The molecular formula is C36H47. The Morgan fingerprint density at radius 1 is 1.14 bits per heavy atom. The van der Waals surface area contributed by atoms with Gasteiger partial charge >= 0.3 is 0 Å². The molecule has 0 heterocycles. The summed E-state index contributed by atoms with van der Waals surface area (Å²) in [5, 5.41) is 0. The van der Waals surface area contributed by atoms with Crippen molar-refractivity contribution in [1.29, 1.82) is 0 Å². The predicted molar refractivity (Wildman–Crippen MR) is 160 cm³/mol. The quantitative estimate of drug-likeness (QED) is 0.309. The van der Waals surface area contributed by atoms with Crippen LogP contribution in [0.2, 0.25) is 0 Å². The molecule has 0 fully saturated rings. The fourth-order valence-corrected chi connectivity index (χ4v) is 5.81. The van der Waals surface area contributed by atoms with Crippen LogP contribution in [0.1, 0.15) is 88.1 Å². The molecule has 1 aromatic rings. The molecule has 191 valence electrons. The van der Waals surface area contributed by atoms with Gasteiger partial charge in [-0.1, -0.05) is 58.2 Å². The lowest BCUT2D eigenvalue weighted by atomic mass is 9.70. The summed E-state index contributed by atoms with van der Waals surface area (Å²) in [6.45, 7) is 47.5. The molecule has 0 aliphatic heterocycles. The maximum Gasteiger partial charge on any atom is 0.0165 e. The van der Waals surface area contributed by atoms with Crippen molar-refractivity contribution in [3.05, 3.63) is 119 Å². The summed E-state index contributed by atoms with van der Waals surface area (Å²) in [7, 11) is 0. The van der Waals surface area contributed by atoms with Crippen LogP contribution in [0.5, 0.6) is 0 Å². The van der Waals surface area contributed by atoms with Crippen LogP contribution in [0.3, 0.4) is 0 Å². The molecule has 0 bridgehead atoms. The van der Waals surface area contributed by atoms with Crippen LogP contribution in [-0.4, -0.2) is 0 Å². The van der Waals surface area contributed by atoms with Gasteiger partial charge in [-0.2, -0.15) is 0 Å². The highest BCUT2D eigenvalue weighted by atomic mass is 14.3. The van der Waals surface area contributed by atoms with Crippen LogP contribution in [0.25, 0.3) is 5.57 Å². The van der Waals surface area contributed by atoms with E-state index in [2.05, 4.69) is 88.0 Å². The molecule has 0 unspecified atom stereocenters. The molecule has 0 saturated heterocycles. The van der Waals surface area contributed by atoms with Crippen molar-refractivity contribution in [3.8, 4) is 0 Å². The van der Waals surface area contributed by atoms with Gasteiger partial charge in [-0.05, 0) is 160 Å². The van der Waals surface area contributed by atoms with E-state index < -0.39 is 5.41 Å². The standard InChI is InChI=1S/C36H47/c1-15-30(22(4)5)33(36(14,17-3)23(6)7)21-26(10)28(12)31(16-2)34-24(8)18-19-32-29(13)25(9)20-27(11)35(32)34/h4,6,20-21,24H,1,7,12,14-19H2,2-3,5,8-11,13H3/b22-4?,23-6?,26-21+,33-30+,34-31-/t24-,36-/m0/s1. The summed E-state index contributed by atoms with van der Waals surface area (Å²) in [5.41, 5.74) is 14.7. The number of benzene rings is 1. The van der Waals surface area contributed by atoms with Crippen molar-refractivity contribution in [2.45, 2.75) is 87.5 Å². The van der Waals surface area contributed by atoms with Gasteiger partial charge in [-0.15, -0.1) is 0 Å². The zero-order valence-electron chi connectivity index (χ0n) is 24.3. The zero-order chi connectivity index (χ0) is 27.5. The molecule has 0 spiro atoms. The topological polar surface area (TPSA) is 0 Å². The van der Waals surface area contributed by atoms with E-state index in [0.717, 1.165) is 47.1 Å². The second kappa shape index (κ2) is 11.8. The molecule has 2 atom stereocenters. The van der Waals surface area contributed by atoms with Gasteiger partial charge in [0, 0.05) is 5.41 Å². The molecule has 0 N–H and O–H groups in total. The van der Waals surface area contributed by atoms with Crippen molar-refractivity contribution in [2.75, 3.05) is 0 Å². The summed E-state index contributed by atoms with van der Waals surface area (Å²) in [6.07, 6.45) is 6.68. The molecule has 5 radical (unpaired) electrons. The van der Waals surface area contributed by atoms with Crippen LogP contribution in [0.4, 0.5) is 0 Å². The van der Waals surface area contributed by atoms with Crippen LogP contribution < -0.4 is 0 Å². The minimum atomic E-state index is -0.648. The maximum atomic E-state index is 6.33. The number of allylic oxidation sites excluding steroid dienone is 9. The monoisotopic (exact) mass is 479 g/mol. The first-order valence-electron chi connectivity index (χ1n) is 13.4. The van der Waals surface area contributed by atoms with Gasteiger partial charge in [0.2, 0.25) is 0 Å². The van der Waals surface area contributed by atoms with E-state index in [0.29, 0.717) is 24.3 Å². The molecule has 0 nitrogen and oxygen atoms in total. The van der Waals surface area contributed by atoms with Gasteiger partial charge in [0.05, 0.1) is 0 Å². The molecule has 2 rings (SSSR count). The zero-order valence-corrected chi connectivity index (χ0v) is 24.3. The normalized spacial score (nSPS) is 19.8. The smallest absolute Gasteiger partial charge is 0.0165 e. The van der Waals surface area contributed by atoms with Crippen LogP contribution >= 0.6 is 0 Å². The third-order valence-corrected chi connectivity index (χ3v) is 8.43. The molecule has 1 aliphatic rings. The number of fused-ring (bicyclic) bond motifs is 1. The van der Waals surface area contributed by atoms with Gasteiger partial charge in [-0.3, -0.25) is 0 Å². The largest absolute Gasteiger partial charge is 0.0912 e. The SMILES string of the molecule is [CH]=C(C)/C(C[CH2])=C(\C=C(/C)C(=C)/C(CC)=C1\c2c(C)cc(C)c(C)c2CC[C@@H]1C)[C@@]([CH2])(CC)C(=[CH])[CH2]. The molecular weight excluding hydrogens is 432 g/mol. The van der Waals surface area contributed by atoms with Crippen molar-refractivity contribution < 1.29 is 0 Å². The Bertz CT molecular complexity index is 1160. The Kier molecular flexibility index (Phi) is 9.80. The van der Waals surface area contributed by atoms with Crippen molar-refractivity contribution >= 4 is 5.57 Å². The minimum absolute atomic E-state index is 0.481. The molecule has 36 heavy (non-hydrogen) atoms. The molecule has 0 saturated carbocycles. The van der Waals surface area contributed by atoms with E-state index in [9.17, 15) is 0 Å². The summed E-state index contributed by atoms with van der Waals surface area (Å²) in [6, 6.07) is 2.34. The van der Waals surface area contributed by atoms with Gasteiger partial charge < -0.3 is 0 Å². The van der Waals surface area contributed by atoms with Crippen molar-refractivity contribution in [3.63, 3.8) is 0 Å². The van der Waals surface area contributed by atoms with Crippen LogP contribution in [0.15, 0.2) is 57.7 Å². The minimum Gasteiger partial charge on any atom is -0.0912 e. The van der Waals surface area contributed by atoms with Crippen LogP contribution in [-0.2, 0) is 6.42 Å². The molecule has 0 aromatic heterocycles. The van der Waals surface area contributed by atoms with E-state index in [-0.39, 0.29) is 0 Å². The summed E-state index contributed by atoms with van der Waals surface area (Å²) < 4.78 is 0. The lowest BCUT2D eigenvalue weighted by molar-refractivity contribution is 0.539. The van der Waals surface area contributed by atoms with E-state index in [1.54, 1.807) is 0 Å². The average molecular weight is 480 g/mol. The first-order chi connectivity index (χ1) is 16.8. The fourth-order valence-electron chi connectivity index (χ4n) is 5.81. The lowest BCUT2D eigenvalue weighted by Gasteiger charge is -2.34. The predicted octanol–water partition coefficient (Wildman–Crippen LogP) is 10.2. The Morgan fingerprint density at radius 2 is 1.75 bits per heavy atom. The summed E-state index contributed by atoms with van der Waals surface area (Å²) >= 11 is 0. The highest BCUT2D eigenvalue weighted by Gasteiger charge is 2.31. The van der Waals surface area contributed by atoms with Crippen LogP contribution in [0, 0.1) is 66.0 Å². The second-order valence-corrected chi connectivity index (χ2v) is 10.8. The molecule has 0 heteroatoms. The first-order valence-corrected chi connectivity index (χ1v) is 13.4. The van der Waals surface area contributed by atoms with E-state index in [1.165, 1.54) is 39.0 Å². The van der Waals surface area contributed by atoms with Gasteiger partial charge in [-0.25, -0.2) is 0 Å². The first kappa shape index (κ1) is 29.9. The fraction of sp³-hybridized carbons (Fsp3) is 0.417. The molecule has 1 aromatic carbocycles. The number of hydrogen-bond acceptors (Lipinski definition) is 0. The molecule has 0 amide bonds. The van der Waals surface area contributed by atoms with Gasteiger partial charge in [0.25, 0.3) is 0 Å².